The van der Waals surface area contributed by atoms with Crippen molar-refractivity contribution in [2.75, 3.05) is 6.61 Å². The van der Waals surface area contributed by atoms with E-state index in [1.54, 1.807) is 0 Å². The predicted molar refractivity (Wildman–Crippen MR) is 113 cm³/mol. The van der Waals surface area contributed by atoms with E-state index in [1.807, 2.05) is 24.3 Å². The number of aryl methyl sites for hydroxylation is 1. The molecule has 0 amide bonds. The van der Waals surface area contributed by atoms with Gasteiger partial charge in [-0.1, -0.05) is 56.9 Å². The zero-order valence-electron chi connectivity index (χ0n) is 17.7. The van der Waals surface area contributed by atoms with Crippen LogP contribution in [0.25, 0.3) is 21.9 Å². The Morgan fingerprint density at radius 2 is 1.47 bits per heavy atom. The van der Waals surface area contributed by atoms with E-state index in [2.05, 4.69) is 11.7 Å². The monoisotopic (exact) mass is 454 g/mol. The number of fused-ring (bicyclic) bond motifs is 1. The summed E-state index contributed by atoms with van der Waals surface area (Å²) in [6.07, 6.45) is 2.03. The van der Waals surface area contributed by atoms with Crippen LogP contribution in [-0.2, 0) is 6.42 Å². The van der Waals surface area contributed by atoms with Gasteiger partial charge in [0, 0.05) is 0 Å². The topological polar surface area (TPSA) is 9.23 Å². The minimum absolute atomic E-state index is 0.102. The van der Waals surface area contributed by atoms with E-state index in [1.165, 1.54) is 25.3 Å². The molecule has 32 heavy (non-hydrogen) atoms. The quantitative estimate of drug-likeness (QED) is 0.233. The van der Waals surface area contributed by atoms with Gasteiger partial charge in [-0.05, 0) is 53.1 Å². The van der Waals surface area contributed by atoms with Crippen molar-refractivity contribution in [3.8, 4) is 16.9 Å². The Balaban J connectivity index is 1.83. The van der Waals surface area contributed by atoms with Gasteiger partial charge in [0.1, 0.15) is 5.82 Å². The highest BCUT2D eigenvalue weighted by atomic mass is 19.4. The second-order valence-corrected chi connectivity index (χ2v) is 7.82. The Labute approximate surface area is 183 Å². The molecule has 0 heterocycles. The van der Waals surface area contributed by atoms with Crippen LogP contribution in [0, 0.1) is 17.5 Å². The number of rotatable bonds is 9. The van der Waals surface area contributed by atoms with Crippen molar-refractivity contribution in [1.82, 2.24) is 0 Å². The first-order chi connectivity index (χ1) is 15.2. The first kappa shape index (κ1) is 24.0. The molecule has 0 aromatic heterocycles. The lowest BCUT2D eigenvalue weighted by atomic mass is 9.98. The molecule has 7 heteroatoms. The number of alkyl halides is 3. The molecule has 3 rings (SSSR count). The molecule has 0 fully saturated rings. The largest absolute Gasteiger partial charge is 0.478 e. The van der Waals surface area contributed by atoms with Gasteiger partial charge in [0.05, 0.1) is 5.39 Å². The standard InChI is InChI=1S/C25H24F6O/c1-2-3-4-5-6-7-16-8-10-17(11-9-16)18-12-19-14-21(27)24(32-15-25(29,30)31)23(28)22(19)20(26)13-18/h8-14H,2-7,15H2,1H3. The smallest absolute Gasteiger partial charge is 0.422 e. The molecule has 0 spiro atoms. The molecule has 0 radical (unpaired) electrons. The summed E-state index contributed by atoms with van der Waals surface area (Å²) in [7, 11) is 0. The lowest BCUT2D eigenvalue weighted by molar-refractivity contribution is -0.154. The number of hydrogen-bond acceptors (Lipinski definition) is 1. The lowest BCUT2D eigenvalue weighted by Gasteiger charge is -2.13. The number of halogens is 6. The number of ether oxygens (including phenoxy) is 1. The van der Waals surface area contributed by atoms with Crippen LogP contribution >= 0.6 is 0 Å². The third-order valence-corrected chi connectivity index (χ3v) is 5.28. The molecule has 0 saturated heterocycles. The van der Waals surface area contributed by atoms with Crippen LogP contribution in [0.15, 0.2) is 42.5 Å². The average Bonchev–Trinajstić information content (AvgIpc) is 2.72. The van der Waals surface area contributed by atoms with E-state index in [0.717, 1.165) is 37.0 Å². The molecule has 3 aromatic carbocycles. The van der Waals surface area contributed by atoms with Crippen LogP contribution in [0.2, 0.25) is 0 Å². The SMILES string of the molecule is CCCCCCCc1ccc(-c2cc(F)c3c(F)c(OCC(F)(F)F)c(F)cc3c2)cc1. The van der Waals surface area contributed by atoms with Gasteiger partial charge < -0.3 is 4.74 Å². The first-order valence-electron chi connectivity index (χ1n) is 10.6. The van der Waals surface area contributed by atoms with Gasteiger partial charge in [0.25, 0.3) is 0 Å². The fourth-order valence-electron chi connectivity index (χ4n) is 3.64. The zero-order valence-corrected chi connectivity index (χ0v) is 17.7. The van der Waals surface area contributed by atoms with Gasteiger partial charge >= 0.3 is 6.18 Å². The van der Waals surface area contributed by atoms with Crippen molar-refractivity contribution in [3.63, 3.8) is 0 Å². The molecular formula is C25H24F6O. The minimum atomic E-state index is -4.78. The fraction of sp³-hybridized carbons (Fsp3) is 0.360. The molecule has 3 aromatic rings. The predicted octanol–water partition coefficient (Wildman–Crippen LogP) is 8.38. The Hall–Kier alpha value is -2.70. The second kappa shape index (κ2) is 10.3. The van der Waals surface area contributed by atoms with Crippen molar-refractivity contribution < 1.29 is 31.1 Å². The van der Waals surface area contributed by atoms with Crippen LogP contribution < -0.4 is 4.74 Å². The van der Waals surface area contributed by atoms with E-state index in [9.17, 15) is 26.3 Å². The number of unbranched alkanes of at least 4 members (excludes halogenated alkanes) is 4. The van der Waals surface area contributed by atoms with E-state index in [-0.39, 0.29) is 5.39 Å². The van der Waals surface area contributed by atoms with Crippen LogP contribution in [0.4, 0.5) is 26.3 Å². The van der Waals surface area contributed by atoms with E-state index in [0.29, 0.717) is 11.1 Å². The van der Waals surface area contributed by atoms with Crippen molar-refractivity contribution in [2.24, 2.45) is 0 Å². The fourth-order valence-corrected chi connectivity index (χ4v) is 3.64. The molecule has 0 saturated carbocycles. The summed E-state index contributed by atoms with van der Waals surface area (Å²) >= 11 is 0. The third-order valence-electron chi connectivity index (χ3n) is 5.28. The Morgan fingerprint density at radius 1 is 0.781 bits per heavy atom. The van der Waals surface area contributed by atoms with E-state index >= 15 is 0 Å². The summed E-state index contributed by atoms with van der Waals surface area (Å²) in [6.45, 7) is 0.286. The van der Waals surface area contributed by atoms with Crippen LogP contribution in [0.1, 0.15) is 44.6 Å². The third kappa shape index (κ3) is 5.96. The van der Waals surface area contributed by atoms with Gasteiger partial charge in [-0.2, -0.15) is 13.2 Å². The summed E-state index contributed by atoms with van der Waals surface area (Å²) in [5, 5.41) is -0.717. The maximum Gasteiger partial charge on any atom is 0.422 e. The van der Waals surface area contributed by atoms with Crippen LogP contribution in [-0.4, -0.2) is 12.8 Å². The molecule has 1 nitrogen and oxygen atoms in total. The Bertz CT molecular complexity index is 1060. The summed E-state index contributed by atoms with van der Waals surface area (Å²) in [5.41, 5.74) is 2.22. The molecule has 0 bridgehead atoms. The van der Waals surface area contributed by atoms with Gasteiger partial charge in [-0.3, -0.25) is 0 Å². The van der Waals surface area contributed by atoms with Gasteiger partial charge in [-0.25, -0.2) is 13.2 Å². The summed E-state index contributed by atoms with van der Waals surface area (Å²) in [5.74, 6) is -5.07. The van der Waals surface area contributed by atoms with E-state index in [4.69, 9.17) is 0 Å². The maximum atomic E-state index is 14.7. The zero-order chi connectivity index (χ0) is 23.3. The van der Waals surface area contributed by atoms with Gasteiger partial charge in [-0.15, -0.1) is 0 Å². The van der Waals surface area contributed by atoms with Crippen molar-refractivity contribution in [2.45, 2.75) is 51.6 Å². The highest BCUT2D eigenvalue weighted by molar-refractivity contribution is 5.89. The summed E-state index contributed by atoms with van der Waals surface area (Å²) in [4.78, 5) is 0. The molecule has 0 aliphatic rings. The summed E-state index contributed by atoms with van der Waals surface area (Å²) < 4.78 is 84.7. The molecule has 0 aliphatic heterocycles. The highest BCUT2D eigenvalue weighted by Crippen LogP contribution is 2.35. The molecule has 172 valence electrons. The van der Waals surface area contributed by atoms with Crippen LogP contribution in [0.3, 0.4) is 0 Å². The molecule has 0 aliphatic carbocycles. The van der Waals surface area contributed by atoms with Crippen molar-refractivity contribution >= 4 is 10.8 Å². The second-order valence-electron chi connectivity index (χ2n) is 7.82. The average molecular weight is 454 g/mol. The van der Waals surface area contributed by atoms with E-state index < -0.39 is 41.4 Å². The highest BCUT2D eigenvalue weighted by Gasteiger charge is 2.30. The molecule has 0 N–H and O–H groups in total. The maximum absolute atomic E-state index is 14.7. The van der Waals surface area contributed by atoms with Crippen molar-refractivity contribution in [1.29, 1.82) is 0 Å². The Kier molecular flexibility index (Phi) is 7.69. The van der Waals surface area contributed by atoms with Crippen LogP contribution in [0.5, 0.6) is 5.75 Å². The van der Waals surface area contributed by atoms with Gasteiger partial charge in [0.15, 0.2) is 24.0 Å². The van der Waals surface area contributed by atoms with Gasteiger partial charge in [0.2, 0.25) is 0 Å². The normalized spacial score (nSPS) is 11.8. The molecule has 0 unspecified atom stereocenters. The van der Waals surface area contributed by atoms with Crippen molar-refractivity contribution in [3.05, 3.63) is 65.5 Å². The molecule has 0 atom stereocenters. The molecular weight excluding hydrogens is 430 g/mol. The number of hydrogen-bond donors (Lipinski definition) is 0. The summed E-state index contributed by atoms with van der Waals surface area (Å²) in [6, 6.07) is 10.8. The first-order valence-corrected chi connectivity index (χ1v) is 10.6. The number of benzene rings is 3. The minimum Gasteiger partial charge on any atom is -0.478 e. The lowest BCUT2D eigenvalue weighted by Crippen LogP contribution is -2.20. The Morgan fingerprint density at radius 3 is 2.12 bits per heavy atom.